The van der Waals surface area contributed by atoms with Crippen molar-refractivity contribution < 1.29 is 13.5 Å². The van der Waals surface area contributed by atoms with E-state index in [9.17, 15) is 8.78 Å². The molecule has 0 spiro atoms. The maximum absolute atomic E-state index is 13.1. The molecule has 4 nitrogen and oxygen atoms in total. The van der Waals surface area contributed by atoms with Gasteiger partial charge in [0.15, 0.2) is 16.8 Å². The van der Waals surface area contributed by atoms with Crippen molar-refractivity contribution >= 4 is 22.2 Å². The van der Waals surface area contributed by atoms with Crippen molar-refractivity contribution in [2.75, 3.05) is 31.4 Å². The molecule has 0 radical (unpaired) electrons. The molecule has 0 unspecified atom stereocenters. The SMILES string of the molecule is COc1nc(N(C)C)sc1CNc1ccc(F)c(F)c1. The smallest absolute Gasteiger partial charge is 0.231 e. The van der Waals surface area contributed by atoms with Gasteiger partial charge in [-0.2, -0.15) is 4.98 Å². The van der Waals surface area contributed by atoms with Crippen LogP contribution in [-0.4, -0.2) is 26.2 Å². The van der Waals surface area contributed by atoms with Gasteiger partial charge in [0.2, 0.25) is 5.88 Å². The summed E-state index contributed by atoms with van der Waals surface area (Å²) < 4.78 is 31.1. The standard InChI is InChI=1S/C13H15F2N3OS/c1-18(2)13-17-12(19-3)11(20-13)7-16-8-4-5-9(14)10(15)6-8/h4-6,16H,7H2,1-3H3. The molecule has 0 saturated carbocycles. The van der Waals surface area contributed by atoms with Crippen LogP contribution < -0.4 is 15.0 Å². The average Bonchev–Trinajstić information content (AvgIpc) is 2.83. The van der Waals surface area contributed by atoms with Gasteiger partial charge < -0.3 is 15.0 Å². The van der Waals surface area contributed by atoms with Crippen LogP contribution in [-0.2, 0) is 6.54 Å². The molecule has 1 aromatic carbocycles. The van der Waals surface area contributed by atoms with Crippen LogP contribution in [0.15, 0.2) is 18.2 Å². The number of aromatic nitrogens is 1. The summed E-state index contributed by atoms with van der Waals surface area (Å²) in [7, 11) is 5.34. The van der Waals surface area contributed by atoms with E-state index in [0.29, 0.717) is 18.1 Å². The first-order valence-electron chi connectivity index (χ1n) is 5.91. The summed E-state index contributed by atoms with van der Waals surface area (Å²) in [6, 6.07) is 3.70. The Morgan fingerprint density at radius 2 is 2.05 bits per heavy atom. The van der Waals surface area contributed by atoms with E-state index in [2.05, 4.69) is 10.3 Å². The van der Waals surface area contributed by atoms with Gasteiger partial charge in [0.05, 0.1) is 18.5 Å². The van der Waals surface area contributed by atoms with Gasteiger partial charge in [-0.3, -0.25) is 0 Å². The summed E-state index contributed by atoms with van der Waals surface area (Å²) in [4.78, 5) is 7.09. The minimum Gasteiger partial charge on any atom is -0.480 e. The highest BCUT2D eigenvalue weighted by molar-refractivity contribution is 7.15. The normalized spacial score (nSPS) is 10.4. The summed E-state index contributed by atoms with van der Waals surface area (Å²) in [5.74, 6) is -1.20. The lowest BCUT2D eigenvalue weighted by Crippen LogP contribution is -2.07. The van der Waals surface area contributed by atoms with E-state index in [0.717, 1.165) is 22.1 Å². The molecule has 0 aliphatic rings. The van der Waals surface area contributed by atoms with Crippen LogP contribution in [0.2, 0.25) is 0 Å². The van der Waals surface area contributed by atoms with E-state index < -0.39 is 11.6 Å². The first-order chi connectivity index (χ1) is 9.51. The number of rotatable bonds is 5. The van der Waals surface area contributed by atoms with E-state index >= 15 is 0 Å². The van der Waals surface area contributed by atoms with Gasteiger partial charge in [-0.1, -0.05) is 11.3 Å². The third-order valence-corrected chi connectivity index (χ3v) is 3.80. The fraction of sp³-hybridized carbons (Fsp3) is 0.308. The second-order valence-corrected chi connectivity index (χ2v) is 5.37. The predicted molar refractivity (Wildman–Crippen MR) is 76.7 cm³/mol. The third-order valence-electron chi connectivity index (χ3n) is 2.60. The minimum absolute atomic E-state index is 0.430. The van der Waals surface area contributed by atoms with Gasteiger partial charge >= 0.3 is 0 Å². The quantitative estimate of drug-likeness (QED) is 0.920. The van der Waals surface area contributed by atoms with Crippen LogP contribution in [0.25, 0.3) is 0 Å². The van der Waals surface area contributed by atoms with Crippen LogP contribution in [0.5, 0.6) is 5.88 Å². The average molecular weight is 299 g/mol. The molecule has 0 atom stereocenters. The molecular weight excluding hydrogens is 284 g/mol. The molecule has 7 heteroatoms. The number of hydrogen-bond acceptors (Lipinski definition) is 5. The molecule has 0 saturated heterocycles. The number of anilines is 2. The highest BCUT2D eigenvalue weighted by Crippen LogP contribution is 2.31. The maximum atomic E-state index is 13.1. The summed E-state index contributed by atoms with van der Waals surface area (Å²) in [5, 5.41) is 3.84. The minimum atomic E-state index is -0.875. The molecule has 1 N–H and O–H groups in total. The zero-order chi connectivity index (χ0) is 14.7. The van der Waals surface area contributed by atoms with Crippen LogP contribution in [0, 0.1) is 11.6 Å². The Bertz CT molecular complexity index is 601. The second-order valence-electron chi connectivity index (χ2n) is 4.31. The van der Waals surface area contributed by atoms with Gasteiger partial charge in [0.1, 0.15) is 0 Å². The molecule has 1 aromatic heterocycles. The van der Waals surface area contributed by atoms with E-state index in [4.69, 9.17) is 4.74 Å². The Kier molecular flexibility index (Phi) is 4.39. The van der Waals surface area contributed by atoms with E-state index in [1.165, 1.54) is 17.4 Å². The lowest BCUT2D eigenvalue weighted by molar-refractivity contribution is 0.397. The number of halogens is 2. The lowest BCUT2D eigenvalue weighted by Gasteiger charge is -2.06. The highest BCUT2D eigenvalue weighted by Gasteiger charge is 2.13. The van der Waals surface area contributed by atoms with Crippen molar-refractivity contribution in [2.24, 2.45) is 0 Å². The van der Waals surface area contributed by atoms with Crippen molar-refractivity contribution in [3.63, 3.8) is 0 Å². The van der Waals surface area contributed by atoms with Gasteiger partial charge in [-0.15, -0.1) is 0 Å². The largest absolute Gasteiger partial charge is 0.480 e. The van der Waals surface area contributed by atoms with E-state index in [-0.39, 0.29) is 0 Å². The van der Waals surface area contributed by atoms with Crippen molar-refractivity contribution in [1.29, 1.82) is 0 Å². The Hall–Kier alpha value is -1.89. The fourth-order valence-corrected chi connectivity index (χ4v) is 2.47. The summed E-state index contributed by atoms with van der Waals surface area (Å²) in [6.45, 7) is 0.430. The van der Waals surface area contributed by atoms with Gasteiger partial charge in [0.25, 0.3) is 0 Å². The van der Waals surface area contributed by atoms with E-state index in [1.807, 2.05) is 19.0 Å². The number of ether oxygens (including phenoxy) is 1. The number of benzene rings is 1. The summed E-state index contributed by atoms with van der Waals surface area (Å²) >= 11 is 1.48. The second kappa shape index (κ2) is 6.04. The third kappa shape index (κ3) is 3.16. The van der Waals surface area contributed by atoms with Crippen molar-refractivity contribution in [3.8, 4) is 5.88 Å². The molecule has 20 heavy (non-hydrogen) atoms. The molecule has 0 bridgehead atoms. The van der Waals surface area contributed by atoms with Crippen LogP contribution >= 0.6 is 11.3 Å². The lowest BCUT2D eigenvalue weighted by atomic mass is 10.3. The zero-order valence-corrected chi connectivity index (χ0v) is 12.2. The number of methoxy groups -OCH3 is 1. The molecule has 0 amide bonds. The number of thiazole rings is 1. The van der Waals surface area contributed by atoms with Crippen molar-refractivity contribution in [2.45, 2.75) is 6.54 Å². The van der Waals surface area contributed by atoms with E-state index in [1.54, 1.807) is 7.11 Å². The Labute approximate surface area is 120 Å². The topological polar surface area (TPSA) is 37.4 Å². The number of nitrogens with zero attached hydrogens (tertiary/aromatic N) is 2. The first kappa shape index (κ1) is 14.5. The molecule has 0 aliphatic heterocycles. The summed E-state index contributed by atoms with van der Waals surface area (Å²) in [5.41, 5.74) is 0.505. The highest BCUT2D eigenvalue weighted by atomic mass is 32.1. The maximum Gasteiger partial charge on any atom is 0.231 e. The number of hydrogen-bond donors (Lipinski definition) is 1. The monoisotopic (exact) mass is 299 g/mol. The molecule has 2 rings (SSSR count). The zero-order valence-electron chi connectivity index (χ0n) is 11.4. The van der Waals surface area contributed by atoms with Crippen LogP contribution in [0.4, 0.5) is 19.6 Å². The van der Waals surface area contributed by atoms with Crippen LogP contribution in [0.3, 0.4) is 0 Å². The Morgan fingerprint density at radius 3 is 2.65 bits per heavy atom. The van der Waals surface area contributed by atoms with Crippen molar-refractivity contribution in [3.05, 3.63) is 34.7 Å². The van der Waals surface area contributed by atoms with Gasteiger partial charge in [-0.05, 0) is 12.1 Å². The molecule has 108 valence electrons. The Morgan fingerprint density at radius 1 is 1.30 bits per heavy atom. The molecule has 0 aliphatic carbocycles. The molecule has 1 heterocycles. The van der Waals surface area contributed by atoms with Gasteiger partial charge in [-0.25, -0.2) is 8.78 Å². The predicted octanol–water partition coefficient (Wildman–Crippen LogP) is 3.11. The van der Waals surface area contributed by atoms with Crippen molar-refractivity contribution in [1.82, 2.24) is 4.98 Å². The molecule has 0 fully saturated rings. The molecular formula is C13H15F2N3OS. The summed E-state index contributed by atoms with van der Waals surface area (Å²) in [6.07, 6.45) is 0. The molecule has 2 aromatic rings. The Balaban J connectivity index is 2.11. The number of nitrogens with one attached hydrogen (secondary N) is 1. The van der Waals surface area contributed by atoms with Crippen LogP contribution in [0.1, 0.15) is 4.88 Å². The fourth-order valence-electron chi connectivity index (χ4n) is 1.58. The van der Waals surface area contributed by atoms with Gasteiger partial charge in [0, 0.05) is 25.8 Å². The first-order valence-corrected chi connectivity index (χ1v) is 6.73.